The third kappa shape index (κ3) is 5.17. The van der Waals surface area contributed by atoms with Crippen molar-refractivity contribution in [2.75, 3.05) is 0 Å². The Kier molecular flexibility index (Phi) is 6.66. The predicted molar refractivity (Wildman–Crippen MR) is 159 cm³/mol. The van der Waals surface area contributed by atoms with E-state index in [0.717, 1.165) is 38.8 Å². The number of nitrogens with one attached hydrogen (secondary N) is 1. The number of carbonyl (C=O) groups is 2. The van der Waals surface area contributed by atoms with Gasteiger partial charge in [-0.25, -0.2) is 4.79 Å². The average molecular weight is 528 g/mol. The molecule has 1 heterocycles. The Morgan fingerprint density at radius 3 is 2.21 bits per heavy atom. The van der Waals surface area contributed by atoms with Gasteiger partial charge in [0, 0.05) is 22.2 Å². The molecule has 0 saturated heterocycles. The molecule has 0 spiro atoms. The van der Waals surface area contributed by atoms with E-state index < -0.39 is 5.97 Å². The highest BCUT2D eigenvalue weighted by Crippen LogP contribution is 2.35. The molecular weight excluding hydrogens is 502 g/mol. The molecule has 0 aliphatic rings. The van der Waals surface area contributed by atoms with Crippen LogP contribution in [-0.2, 0) is 13.0 Å². The van der Waals surface area contributed by atoms with Crippen LogP contribution >= 0.6 is 11.3 Å². The van der Waals surface area contributed by atoms with E-state index in [4.69, 9.17) is 5.11 Å². The molecular formula is C34H25NO3S. The summed E-state index contributed by atoms with van der Waals surface area (Å²) >= 11 is 1.66. The Balaban J connectivity index is 1.36. The van der Waals surface area contributed by atoms with Crippen molar-refractivity contribution in [3.8, 4) is 11.1 Å². The van der Waals surface area contributed by atoms with Crippen LogP contribution in [0.25, 0.3) is 32.0 Å². The molecule has 0 aliphatic heterocycles. The van der Waals surface area contributed by atoms with Crippen LogP contribution in [-0.4, -0.2) is 17.0 Å². The van der Waals surface area contributed by atoms with Gasteiger partial charge in [-0.05, 0) is 74.7 Å². The quantitative estimate of drug-likeness (QED) is 0.221. The number of thiophene rings is 1. The van der Waals surface area contributed by atoms with Crippen molar-refractivity contribution in [3.63, 3.8) is 0 Å². The summed E-state index contributed by atoms with van der Waals surface area (Å²) in [5.74, 6) is -1.12. The number of carbonyl (C=O) groups excluding carboxylic acids is 1. The molecule has 0 atom stereocenters. The molecule has 0 bridgehead atoms. The lowest BCUT2D eigenvalue weighted by molar-refractivity contribution is 0.0696. The van der Waals surface area contributed by atoms with E-state index in [2.05, 4.69) is 65.3 Å². The highest BCUT2D eigenvalue weighted by molar-refractivity contribution is 7.17. The van der Waals surface area contributed by atoms with Gasteiger partial charge >= 0.3 is 5.97 Å². The number of amides is 1. The number of fused-ring (bicyclic) bond motifs is 2. The molecule has 0 saturated carbocycles. The molecule has 0 aliphatic carbocycles. The van der Waals surface area contributed by atoms with Gasteiger partial charge in [0.2, 0.25) is 0 Å². The number of aromatic carboxylic acids is 1. The zero-order valence-corrected chi connectivity index (χ0v) is 21.9. The largest absolute Gasteiger partial charge is 0.478 e. The van der Waals surface area contributed by atoms with Gasteiger partial charge in [-0.3, -0.25) is 4.79 Å². The predicted octanol–water partition coefficient (Wildman–Crippen LogP) is 7.94. The molecule has 1 amide bonds. The average Bonchev–Trinajstić information content (AvgIpc) is 3.38. The maximum absolute atomic E-state index is 13.7. The van der Waals surface area contributed by atoms with Gasteiger partial charge in [-0.2, -0.15) is 0 Å². The van der Waals surface area contributed by atoms with E-state index in [9.17, 15) is 9.59 Å². The monoisotopic (exact) mass is 527 g/mol. The highest BCUT2D eigenvalue weighted by atomic mass is 32.1. The summed E-state index contributed by atoms with van der Waals surface area (Å²) in [6, 6.07) is 35.7. The molecule has 6 rings (SSSR count). The Morgan fingerprint density at radius 1 is 0.718 bits per heavy atom. The molecule has 5 heteroatoms. The fraction of sp³-hybridized carbons (Fsp3) is 0.0588. The molecule has 2 N–H and O–H groups in total. The first-order valence-electron chi connectivity index (χ1n) is 12.7. The first-order valence-corrected chi connectivity index (χ1v) is 13.6. The van der Waals surface area contributed by atoms with E-state index >= 15 is 0 Å². The number of carboxylic acids is 1. The number of carboxylic acid groups (broad SMARTS) is 1. The molecule has 4 nitrogen and oxygen atoms in total. The van der Waals surface area contributed by atoms with Crippen LogP contribution in [0, 0.1) is 0 Å². The summed E-state index contributed by atoms with van der Waals surface area (Å²) in [5.41, 5.74) is 6.08. The third-order valence-corrected chi connectivity index (χ3v) is 7.94. The highest BCUT2D eigenvalue weighted by Gasteiger charge is 2.18. The van der Waals surface area contributed by atoms with Crippen molar-refractivity contribution in [1.82, 2.24) is 5.32 Å². The normalized spacial score (nSPS) is 11.1. The Hall–Kier alpha value is -4.74. The van der Waals surface area contributed by atoms with Crippen LogP contribution in [0.3, 0.4) is 0 Å². The number of hydrogen-bond acceptors (Lipinski definition) is 3. The van der Waals surface area contributed by atoms with Gasteiger partial charge in [0.1, 0.15) is 0 Å². The van der Waals surface area contributed by atoms with E-state index in [-0.39, 0.29) is 11.5 Å². The van der Waals surface area contributed by atoms with E-state index in [1.165, 1.54) is 16.3 Å². The third-order valence-electron chi connectivity index (χ3n) is 6.97. The summed E-state index contributed by atoms with van der Waals surface area (Å²) in [4.78, 5) is 24.8. The van der Waals surface area contributed by atoms with Crippen LogP contribution in [0.1, 0.15) is 37.4 Å². The molecule has 5 aromatic carbocycles. The molecule has 0 radical (unpaired) electrons. The van der Waals surface area contributed by atoms with Gasteiger partial charge in [-0.15, -0.1) is 11.3 Å². The summed E-state index contributed by atoms with van der Waals surface area (Å²) in [6.07, 6.45) is 0.729. The van der Waals surface area contributed by atoms with Crippen LogP contribution in [0.15, 0.2) is 115 Å². The molecule has 0 unspecified atom stereocenters. The van der Waals surface area contributed by atoms with Crippen molar-refractivity contribution in [1.29, 1.82) is 0 Å². The van der Waals surface area contributed by atoms with E-state index in [1.807, 2.05) is 30.3 Å². The van der Waals surface area contributed by atoms with Crippen molar-refractivity contribution in [2.45, 2.75) is 13.0 Å². The van der Waals surface area contributed by atoms with Gasteiger partial charge in [-0.1, -0.05) is 84.9 Å². The number of benzene rings is 5. The summed E-state index contributed by atoms with van der Waals surface area (Å²) < 4.78 is 1.07. The summed E-state index contributed by atoms with van der Waals surface area (Å²) in [5, 5.41) is 17.8. The minimum absolute atomic E-state index is 0.154. The van der Waals surface area contributed by atoms with Gasteiger partial charge in [0.05, 0.1) is 5.56 Å². The smallest absolute Gasteiger partial charge is 0.335 e. The Morgan fingerprint density at radius 2 is 1.44 bits per heavy atom. The lowest BCUT2D eigenvalue weighted by atomic mass is 9.95. The lowest BCUT2D eigenvalue weighted by Crippen LogP contribution is -2.23. The van der Waals surface area contributed by atoms with E-state index in [1.54, 1.807) is 35.6 Å². The fourth-order valence-corrected chi connectivity index (χ4v) is 5.98. The first kappa shape index (κ1) is 24.6. The molecule has 190 valence electrons. The molecule has 1 aromatic heterocycles. The van der Waals surface area contributed by atoms with Gasteiger partial charge < -0.3 is 10.4 Å². The van der Waals surface area contributed by atoms with Crippen molar-refractivity contribution in [2.24, 2.45) is 0 Å². The van der Waals surface area contributed by atoms with Crippen LogP contribution in [0.2, 0.25) is 0 Å². The summed E-state index contributed by atoms with van der Waals surface area (Å²) in [6.45, 7) is 0.305. The second-order valence-electron chi connectivity index (χ2n) is 9.57. The standard InChI is InChI=1S/C34H25NO3S/c36-33(35-20-22-10-14-26(15-11-22)34(37)38)30-18-28(24-6-2-1-3-7-24)19-31-32(30)29(21-39-31)17-23-12-13-25-8-4-5-9-27(25)16-23/h1-16,18-19,21H,17,20H2,(H,35,36)(H,37,38). The SMILES string of the molecule is O=C(O)c1ccc(CNC(=O)c2cc(-c3ccccc3)cc3scc(Cc4ccc5ccccc5c4)c23)cc1. The second kappa shape index (κ2) is 10.6. The molecule has 6 aromatic rings. The number of rotatable bonds is 7. The van der Waals surface area contributed by atoms with Crippen molar-refractivity contribution < 1.29 is 14.7 Å². The maximum atomic E-state index is 13.7. The summed E-state index contributed by atoms with van der Waals surface area (Å²) in [7, 11) is 0. The zero-order valence-electron chi connectivity index (χ0n) is 21.1. The van der Waals surface area contributed by atoms with Crippen LogP contribution in [0.4, 0.5) is 0 Å². The maximum Gasteiger partial charge on any atom is 0.335 e. The number of hydrogen-bond donors (Lipinski definition) is 2. The van der Waals surface area contributed by atoms with Crippen molar-refractivity contribution >= 4 is 44.1 Å². The zero-order chi connectivity index (χ0) is 26.8. The Labute approximate surface area is 230 Å². The first-order chi connectivity index (χ1) is 19.0. The van der Waals surface area contributed by atoms with Crippen LogP contribution in [0.5, 0.6) is 0 Å². The topological polar surface area (TPSA) is 66.4 Å². The van der Waals surface area contributed by atoms with Crippen molar-refractivity contribution in [3.05, 3.63) is 142 Å². The van der Waals surface area contributed by atoms with Gasteiger partial charge in [0.25, 0.3) is 5.91 Å². The van der Waals surface area contributed by atoms with Crippen LogP contribution < -0.4 is 5.32 Å². The minimum atomic E-state index is -0.970. The molecule has 39 heavy (non-hydrogen) atoms. The molecule has 0 fully saturated rings. The minimum Gasteiger partial charge on any atom is -0.478 e. The lowest BCUT2D eigenvalue weighted by Gasteiger charge is -2.12. The Bertz CT molecular complexity index is 1820. The van der Waals surface area contributed by atoms with E-state index in [0.29, 0.717) is 12.1 Å². The fourth-order valence-electron chi connectivity index (χ4n) is 4.95. The second-order valence-corrected chi connectivity index (χ2v) is 10.5. The van der Waals surface area contributed by atoms with Gasteiger partial charge in [0.15, 0.2) is 0 Å².